The molecular formula is C22H33INO6PS. The molecule has 7 nitrogen and oxygen atoms in total. The van der Waals surface area contributed by atoms with Gasteiger partial charge in [0.15, 0.2) is 0 Å². The van der Waals surface area contributed by atoms with E-state index >= 15 is 0 Å². The van der Waals surface area contributed by atoms with Crippen molar-refractivity contribution in [3.8, 4) is 5.75 Å². The number of halogens is 1. The maximum atomic E-state index is 12.5. The lowest BCUT2D eigenvalue weighted by Gasteiger charge is -2.20. The zero-order valence-electron chi connectivity index (χ0n) is 19.2. The Bertz CT molecular complexity index is 892. The number of carbonyl (C=O) groups is 1. The Morgan fingerprint density at radius 1 is 1.38 bits per heavy atom. The van der Waals surface area contributed by atoms with E-state index < -0.39 is 7.60 Å². The summed E-state index contributed by atoms with van der Waals surface area (Å²) in [5.41, 5.74) is 5.97. The molecule has 1 aliphatic heterocycles. The number of hydrogen-bond donors (Lipinski definition) is 2. The van der Waals surface area contributed by atoms with E-state index in [2.05, 4.69) is 46.4 Å². The predicted octanol–water partition coefficient (Wildman–Crippen LogP) is 4.99. The summed E-state index contributed by atoms with van der Waals surface area (Å²) in [5.74, 6) is 1.17. The van der Waals surface area contributed by atoms with Crippen LogP contribution in [0.15, 0.2) is 11.6 Å². The van der Waals surface area contributed by atoms with Crippen LogP contribution in [0.5, 0.6) is 5.75 Å². The Morgan fingerprint density at radius 2 is 2.12 bits per heavy atom. The molecule has 180 valence electrons. The van der Waals surface area contributed by atoms with Gasteiger partial charge in [-0.1, -0.05) is 27.5 Å². The lowest BCUT2D eigenvalue weighted by Crippen LogP contribution is -2.21. The van der Waals surface area contributed by atoms with E-state index in [4.69, 9.17) is 14.0 Å². The van der Waals surface area contributed by atoms with Crippen molar-refractivity contribution in [3.63, 3.8) is 0 Å². The smallest absolute Gasteiger partial charge is 0.342 e. The van der Waals surface area contributed by atoms with Gasteiger partial charge in [-0.25, -0.2) is 4.79 Å². The van der Waals surface area contributed by atoms with Gasteiger partial charge in [0.25, 0.3) is 0 Å². The Kier molecular flexibility index (Phi) is 11.5. The second-order valence-corrected chi connectivity index (χ2v) is 12.0. The number of fused-ring (bicyclic) bond motifs is 1. The van der Waals surface area contributed by atoms with Gasteiger partial charge in [0.05, 0.1) is 19.4 Å². The molecule has 32 heavy (non-hydrogen) atoms. The topological polar surface area (TPSA) is 94.1 Å². The minimum atomic E-state index is -3.51. The standard InChI is InChI=1S/C22H33INO6PS/c1-5-17-16(4)19-14-29-22(25)20(19)21(28-10-12-32-23)18(17)8-7-15(3)13-24-9-11-31(26,27)30-6-2/h7,24H,5-6,8-14H2,1-4H3,(H,26,27)/b15-7+. The van der Waals surface area contributed by atoms with Gasteiger partial charge in [-0.05, 0) is 65.9 Å². The first kappa shape index (κ1) is 27.7. The number of rotatable bonds is 14. The minimum Gasteiger partial charge on any atom is -0.491 e. The second kappa shape index (κ2) is 13.3. The summed E-state index contributed by atoms with van der Waals surface area (Å²) in [7, 11) is -1.84. The summed E-state index contributed by atoms with van der Waals surface area (Å²) in [6.07, 6.45) is 3.68. The Labute approximate surface area is 207 Å². The number of carbonyl (C=O) groups excluding carboxylic acids is 1. The largest absolute Gasteiger partial charge is 0.491 e. The molecule has 0 bridgehead atoms. The van der Waals surface area contributed by atoms with Gasteiger partial charge >= 0.3 is 13.6 Å². The van der Waals surface area contributed by atoms with Gasteiger partial charge < -0.3 is 24.2 Å². The van der Waals surface area contributed by atoms with E-state index in [9.17, 15) is 14.3 Å². The van der Waals surface area contributed by atoms with Gasteiger partial charge in [-0.15, -0.1) is 0 Å². The SMILES string of the molecule is CCOP(=O)(O)CCNC/C(C)=C/Cc1c(CC)c(C)c2c(c1OCCSI)C(=O)OC2. The quantitative estimate of drug-likeness (QED) is 0.102. The molecular weight excluding hydrogens is 564 g/mol. The first-order valence-electron chi connectivity index (χ1n) is 10.8. The molecule has 2 rings (SSSR count). The molecule has 1 heterocycles. The highest BCUT2D eigenvalue weighted by molar-refractivity contribution is 14.2. The molecule has 0 saturated carbocycles. The van der Waals surface area contributed by atoms with E-state index in [0.29, 0.717) is 44.0 Å². The summed E-state index contributed by atoms with van der Waals surface area (Å²) in [5, 5.41) is 3.19. The van der Waals surface area contributed by atoms with Crippen LogP contribution in [0.25, 0.3) is 0 Å². The average Bonchev–Trinajstić information content (AvgIpc) is 3.13. The number of benzene rings is 1. The highest BCUT2D eigenvalue weighted by atomic mass is 127. The summed E-state index contributed by atoms with van der Waals surface area (Å²) in [6, 6.07) is 0. The third-order valence-corrected chi connectivity index (χ3v) is 8.44. The number of allylic oxidation sites excluding steroid dienone is 1. The van der Waals surface area contributed by atoms with Crippen molar-refractivity contribution in [1.82, 2.24) is 5.32 Å². The van der Waals surface area contributed by atoms with Crippen LogP contribution in [0.3, 0.4) is 0 Å². The number of hydrogen-bond acceptors (Lipinski definition) is 7. The van der Waals surface area contributed by atoms with Crippen molar-refractivity contribution >= 4 is 43.7 Å². The molecule has 0 spiro atoms. The molecule has 10 heteroatoms. The minimum absolute atomic E-state index is 0.0764. The van der Waals surface area contributed by atoms with Crippen molar-refractivity contribution in [2.24, 2.45) is 0 Å². The molecule has 1 atom stereocenters. The number of ether oxygens (including phenoxy) is 2. The molecule has 1 aliphatic rings. The van der Waals surface area contributed by atoms with Crippen LogP contribution >= 0.6 is 37.7 Å². The molecule has 1 aromatic rings. The fourth-order valence-corrected chi connectivity index (χ4v) is 5.44. The normalized spacial score (nSPS) is 15.4. The van der Waals surface area contributed by atoms with E-state index in [-0.39, 0.29) is 18.7 Å². The Morgan fingerprint density at radius 3 is 2.78 bits per heavy atom. The van der Waals surface area contributed by atoms with Gasteiger partial charge in [0, 0.05) is 30.0 Å². The lowest BCUT2D eigenvalue weighted by atomic mass is 9.89. The highest BCUT2D eigenvalue weighted by Gasteiger charge is 2.32. The van der Waals surface area contributed by atoms with Gasteiger partial charge in [-0.2, -0.15) is 0 Å². The van der Waals surface area contributed by atoms with Crippen LogP contribution in [-0.4, -0.2) is 49.1 Å². The average molecular weight is 597 g/mol. The molecule has 0 saturated heterocycles. The maximum Gasteiger partial charge on any atom is 0.342 e. The first-order chi connectivity index (χ1) is 15.3. The number of cyclic esters (lactones) is 1. The van der Waals surface area contributed by atoms with Crippen LogP contribution < -0.4 is 10.1 Å². The lowest BCUT2D eigenvalue weighted by molar-refractivity contribution is 0.0532. The highest BCUT2D eigenvalue weighted by Crippen LogP contribution is 2.41. The second-order valence-electron chi connectivity index (χ2n) is 7.57. The van der Waals surface area contributed by atoms with Crippen molar-refractivity contribution < 1.29 is 28.3 Å². The third kappa shape index (κ3) is 7.46. The van der Waals surface area contributed by atoms with Crippen LogP contribution in [-0.2, 0) is 33.3 Å². The van der Waals surface area contributed by atoms with Crippen LogP contribution in [0, 0.1) is 6.92 Å². The fraction of sp³-hybridized carbons (Fsp3) is 0.591. The summed E-state index contributed by atoms with van der Waals surface area (Å²) >= 11 is 2.24. The van der Waals surface area contributed by atoms with Crippen molar-refractivity contribution in [2.75, 3.05) is 38.2 Å². The van der Waals surface area contributed by atoms with Crippen molar-refractivity contribution in [3.05, 3.63) is 39.5 Å². The van der Waals surface area contributed by atoms with Gasteiger partial charge in [-0.3, -0.25) is 4.57 Å². The van der Waals surface area contributed by atoms with Gasteiger partial charge in [0.1, 0.15) is 17.9 Å². The molecule has 0 aromatic heterocycles. The molecule has 0 aliphatic carbocycles. The molecule has 1 unspecified atom stereocenters. The monoisotopic (exact) mass is 597 g/mol. The van der Waals surface area contributed by atoms with Gasteiger partial charge in [0.2, 0.25) is 0 Å². The number of esters is 1. The Balaban J connectivity index is 2.18. The Hall–Kier alpha value is -0.580. The van der Waals surface area contributed by atoms with Crippen LogP contribution in [0.4, 0.5) is 0 Å². The molecule has 1 aromatic carbocycles. The first-order valence-corrected chi connectivity index (χ1v) is 16.1. The molecule has 0 amide bonds. The van der Waals surface area contributed by atoms with E-state index in [1.165, 1.54) is 5.56 Å². The van der Waals surface area contributed by atoms with Crippen LogP contribution in [0.1, 0.15) is 53.4 Å². The van der Waals surface area contributed by atoms with E-state index in [1.807, 2.05) is 6.92 Å². The summed E-state index contributed by atoms with van der Waals surface area (Å²) in [4.78, 5) is 22.1. The maximum absolute atomic E-state index is 12.5. The van der Waals surface area contributed by atoms with E-state index in [0.717, 1.165) is 34.4 Å². The van der Waals surface area contributed by atoms with E-state index in [1.54, 1.807) is 15.9 Å². The number of nitrogens with one attached hydrogen (secondary N) is 1. The van der Waals surface area contributed by atoms with Crippen molar-refractivity contribution in [1.29, 1.82) is 0 Å². The zero-order valence-corrected chi connectivity index (χ0v) is 23.0. The fourth-order valence-electron chi connectivity index (χ4n) is 3.78. The summed E-state index contributed by atoms with van der Waals surface area (Å²) in [6.45, 7) is 9.93. The zero-order chi connectivity index (χ0) is 23.7. The molecule has 2 N–H and O–H groups in total. The summed E-state index contributed by atoms with van der Waals surface area (Å²) < 4.78 is 28.1. The van der Waals surface area contributed by atoms with Crippen molar-refractivity contribution in [2.45, 2.75) is 47.1 Å². The third-order valence-electron chi connectivity index (χ3n) is 5.35. The predicted molar refractivity (Wildman–Crippen MR) is 138 cm³/mol. The van der Waals surface area contributed by atoms with Crippen LogP contribution in [0.2, 0.25) is 0 Å². The molecule has 0 radical (unpaired) electrons. The molecule has 0 fully saturated rings.